The summed E-state index contributed by atoms with van der Waals surface area (Å²) in [4.78, 5) is 11.6. The zero-order valence-corrected chi connectivity index (χ0v) is 11.0. The van der Waals surface area contributed by atoms with Gasteiger partial charge >= 0.3 is 0 Å². The van der Waals surface area contributed by atoms with Gasteiger partial charge in [0.15, 0.2) is 5.78 Å². The molecule has 0 bridgehead atoms. The van der Waals surface area contributed by atoms with E-state index < -0.39 is 0 Å². The SMILES string of the molecule is CC(=O)c1cc(C)c2c(c1C)C=CC(C)(C)O2. The molecule has 1 heterocycles. The lowest BCUT2D eigenvalue weighted by atomic mass is 9.92. The normalized spacial score (nSPS) is 16.3. The summed E-state index contributed by atoms with van der Waals surface area (Å²) in [5.41, 5.74) is 3.57. The molecule has 0 unspecified atom stereocenters. The molecule has 2 nitrogen and oxygen atoms in total. The van der Waals surface area contributed by atoms with Crippen molar-refractivity contribution < 1.29 is 9.53 Å². The number of carbonyl (C=O) groups is 1. The minimum Gasteiger partial charge on any atom is -0.483 e. The van der Waals surface area contributed by atoms with E-state index in [0.717, 1.165) is 28.0 Å². The van der Waals surface area contributed by atoms with Gasteiger partial charge in [0, 0.05) is 11.1 Å². The van der Waals surface area contributed by atoms with E-state index in [2.05, 4.69) is 6.08 Å². The van der Waals surface area contributed by atoms with Crippen LogP contribution in [-0.2, 0) is 0 Å². The Morgan fingerprint density at radius 1 is 1.29 bits per heavy atom. The summed E-state index contributed by atoms with van der Waals surface area (Å²) in [6.07, 6.45) is 4.10. The van der Waals surface area contributed by atoms with Crippen LogP contribution in [0.3, 0.4) is 0 Å². The highest BCUT2D eigenvalue weighted by Gasteiger charge is 2.25. The van der Waals surface area contributed by atoms with Gasteiger partial charge in [0.1, 0.15) is 11.4 Å². The van der Waals surface area contributed by atoms with E-state index in [1.54, 1.807) is 6.92 Å². The van der Waals surface area contributed by atoms with E-state index in [4.69, 9.17) is 4.74 Å². The number of rotatable bonds is 1. The molecule has 90 valence electrons. The van der Waals surface area contributed by atoms with Crippen LogP contribution in [0.25, 0.3) is 6.08 Å². The van der Waals surface area contributed by atoms with Crippen LogP contribution in [-0.4, -0.2) is 11.4 Å². The van der Waals surface area contributed by atoms with E-state index in [1.807, 2.05) is 39.8 Å². The third kappa shape index (κ3) is 1.99. The minimum atomic E-state index is -0.276. The predicted octanol–water partition coefficient (Wildman–Crippen LogP) is 3.69. The number of ether oxygens (including phenoxy) is 1. The summed E-state index contributed by atoms with van der Waals surface area (Å²) in [5.74, 6) is 1.01. The number of fused-ring (bicyclic) bond motifs is 1. The molecule has 0 spiro atoms. The molecule has 0 saturated heterocycles. The fraction of sp³-hybridized carbons (Fsp3) is 0.400. The van der Waals surface area contributed by atoms with Gasteiger partial charge in [-0.1, -0.05) is 6.08 Å². The van der Waals surface area contributed by atoms with Crippen LogP contribution in [0.2, 0.25) is 0 Å². The van der Waals surface area contributed by atoms with Crippen LogP contribution in [0.1, 0.15) is 47.8 Å². The number of aryl methyl sites for hydroxylation is 1. The van der Waals surface area contributed by atoms with Crippen molar-refractivity contribution in [3.8, 4) is 5.75 Å². The molecule has 2 heteroatoms. The average molecular weight is 230 g/mol. The fourth-order valence-corrected chi connectivity index (χ4v) is 2.20. The van der Waals surface area contributed by atoms with Crippen LogP contribution in [0.5, 0.6) is 5.75 Å². The molecule has 1 aromatic carbocycles. The zero-order chi connectivity index (χ0) is 12.8. The molecule has 1 aliphatic rings. The van der Waals surface area contributed by atoms with Gasteiger partial charge in [-0.05, 0) is 57.9 Å². The Labute approximate surface area is 102 Å². The van der Waals surface area contributed by atoms with Crippen LogP contribution < -0.4 is 4.74 Å². The first kappa shape index (κ1) is 11.9. The van der Waals surface area contributed by atoms with Gasteiger partial charge in [-0.2, -0.15) is 0 Å². The Bertz CT molecular complexity index is 522. The van der Waals surface area contributed by atoms with Crippen LogP contribution in [0.15, 0.2) is 12.1 Å². The van der Waals surface area contributed by atoms with E-state index >= 15 is 0 Å². The number of Topliss-reactive ketones (excluding diaryl/α,β-unsaturated/α-hetero) is 1. The molecule has 1 aliphatic heterocycles. The molecule has 0 saturated carbocycles. The maximum atomic E-state index is 11.6. The van der Waals surface area contributed by atoms with Gasteiger partial charge in [-0.15, -0.1) is 0 Å². The predicted molar refractivity (Wildman–Crippen MR) is 69.7 cm³/mol. The van der Waals surface area contributed by atoms with Crippen LogP contribution in [0, 0.1) is 13.8 Å². The van der Waals surface area contributed by atoms with Crippen molar-refractivity contribution >= 4 is 11.9 Å². The molecule has 2 rings (SSSR count). The summed E-state index contributed by atoms with van der Waals surface area (Å²) in [5, 5.41) is 0. The third-order valence-corrected chi connectivity index (χ3v) is 3.17. The zero-order valence-electron chi connectivity index (χ0n) is 11.0. The lowest BCUT2D eigenvalue weighted by Gasteiger charge is -2.30. The first-order valence-corrected chi connectivity index (χ1v) is 5.85. The maximum Gasteiger partial charge on any atom is 0.160 e. The lowest BCUT2D eigenvalue weighted by molar-refractivity contribution is 0.101. The van der Waals surface area contributed by atoms with Crippen LogP contribution in [0.4, 0.5) is 0 Å². The quantitative estimate of drug-likeness (QED) is 0.688. The van der Waals surface area contributed by atoms with E-state index in [-0.39, 0.29) is 11.4 Å². The Kier molecular flexibility index (Phi) is 2.61. The first-order valence-electron chi connectivity index (χ1n) is 5.85. The summed E-state index contributed by atoms with van der Waals surface area (Å²) < 4.78 is 5.97. The maximum absolute atomic E-state index is 11.6. The van der Waals surface area contributed by atoms with E-state index in [9.17, 15) is 4.79 Å². The smallest absolute Gasteiger partial charge is 0.160 e. The molecule has 0 fully saturated rings. The number of benzene rings is 1. The topological polar surface area (TPSA) is 26.3 Å². The molecule has 0 aromatic heterocycles. The van der Waals surface area contributed by atoms with Gasteiger partial charge in [-0.25, -0.2) is 0 Å². The molecule has 1 aromatic rings. The second-order valence-corrected chi connectivity index (χ2v) is 5.20. The second kappa shape index (κ2) is 3.73. The number of hydrogen-bond donors (Lipinski definition) is 0. The summed E-state index contributed by atoms with van der Waals surface area (Å²) in [6.45, 7) is 9.62. The highest BCUT2D eigenvalue weighted by atomic mass is 16.5. The average Bonchev–Trinajstić information content (AvgIpc) is 2.21. The molecule has 0 radical (unpaired) electrons. The monoisotopic (exact) mass is 230 g/mol. The standard InChI is InChI=1S/C15H18O2/c1-9-8-13(11(3)16)10(2)12-6-7-15(4,5)17-14(9)12/h6-8H,1-5H3. The summed E-state index contributed by atoms with van der Waals surface area (Å²) >= 11 is 0. The molecule has 0 amide bonds. The molecule has 0 atom stereocenters. The van der Waals surface area contributed by atoms with Crippen molar-refractivity contribution in [2.75, 3.05) is 0 Å². The van der Waals surface area contributed by atoms with Gasteiger partial charge in [-0.3, -0.25) is 4.79 Å². The third-order valence-electron chi connectivity index (χ3n) is 3.17. The fourth-order valence-electron chi connectivity index (χ4n) is 2.20. The molecular weight excluding hydrogens is 212 g/mol. The summed E-state index contributed by atoms with van der Waals surface area (Å²) in [6, 6.07) is 1.92. The number of ketones is 1. The molecule has 17 heavy (non-hydrogen) atoms. The molecule has 0 N–H and O–H groups in total. The highest BCUT2D eigenvalue weighted by molar-refractivity contribution is 5.97. The van der Waals surface area contributed by atoms with Gasteiger partial charge in [0.2, 0.25) is 0 Å². The van der Waals surface area contributed by atoms with Crippen molar-refractivity contribution in [1.82, 2.24) is 0 Å². The van der Waals surface area contributed by atoms with Crippen molar-refractivity contribution in [1.29, 1.82) is 0 Å². The van der Waals surface area contributed by atoms with Crippen molar-refractivity contribution in [3.63, 3.8) is 0 Å². The van der Waals surface area contributed by atoms with Gasteiger partial charge in [0.25, 0.3) is 0 Å². The van der Waals surface area contributed by atoms with E-state index in [1.165, 1.54) is 0 Å². The molecule has 0 aliphatic carbocycles. The van der Waals surface area contributed by atoms with Crippen molar-refractivity contribution in [2.45, 2.75) is 40.2 Å². The summed E-state index contributed by atoms with van der Waals surface area (Å²) in [7, 11) is 0. The Balaban J connectivity index is 2.67. The lowest BCUT2D eigenvalue weighted by Crippen LogP contribution is -2.28. The van der Waals surface area contributed by atoms with Crippen LogP contribution >= 0.6 is 0 Å². The number of hydrogen-bond acceptors (Lipinski definition) is 2. The highest BCUT2D eigenvalue weighted by Crippen LogP contribution is 2.37. The molecular formula is C15H18O2. The first-order chi connectivity index (χ1) is 7.82. The van der Waals surface area contributed by atoms with Gasteiger partial charge < -0.3 is 4.74 Å². The Morgan fingerprint density at radius 3 is 2.53 bits per heavy atom. The Hall–Kier alpha value is -1.57. The van der Waals surface area contributed by atoms with Gasteiger partial charge in [0.05, 0.1) is 0 Å². The second-order valence-electron chi connectivity index (χ2n) is 5.20. The van der Waals surface area contributed by atoms with Crippen molar-refractivity contribution in [2.24, 2.45) is 0 Å². The largest absolute Gasteiger partial charge is 0.483 e. The minimum absolute atomic E-state index is 0.103. The van der Waals surface area contributed by atoms with E-state index in [0.29, 0.717) is 0 Å². The Morgan fingerprint density at radius 2 is 1.94 bits per heavy atom. The van der Waals surface area contributed by atoms with Crippen molar-refractivity contribution in [3.05, 3.63) is 34.4 Å². The number of carbonyl (C=O) groups excluding carboxylic acids is 1.